The topological polar surface area (TPSA) is 34.1 Å². The van der Waals surface area contributed by atoms with Crippen LogP contribution in [-0.2, 0) is 6.54 Å². The molecule has 0 aliphatic heterocycles. The Bertz CT molecular complexity index is 313. The molecule has 0 spiro atoms. The number of hydrogen-bond acceptors (Lipinski definition) is 3. The lowest BCUT2D eigenvalue weighted by Crippen LogP contribution is -2.21. The van der Waals surface area contributed by atoms with E-state index in [2.05, 4.69) is 38.0 Å². The number of aromatic nitrogens is 1. The molecule has 0 saturated heterocycles. The Hall–Kier alpha value is -1.09. The van der Waals surface area contributed by atoms with Gasteiger partial charge in [0.2, 0.25) is 5.88 Å². The van der Waals surface area contributed by atoms with Gasteiger partial charge in [-0.15, -0.1) is 0 Å². The van der Waals surface area contributed by atoms with E-state index >= 15 is 0 Å². The van der Waals surface area contributed by atoms with Crippen molar-refractivity contribution in [2.45, 2.75) is 52.8 Å². The van der Waals surface area contributed by atoms with Crippen molar-refractivity contribution in [3.05, 3.63) is 23.9 Å². The van der Waals surface area contributed by atoms with Gasteiger partial charge < -0.3 is 10.1 Å². The molecule has 0 saturated carbocycles. The standard InChI is InChI=1S/C13H22N2O/c1-5-11(4)16-13-8-12(6-7-14-13)9-15-10(2)3/h6-8,10-11,15H,5,9H2,1-4H3. The van der Waals surface area contributed by atoms with E-state index in [0.717, 1.165) is 18.8 Å². The van der Waals surface area contributed by atoms with Crippen LogP contribution >= 0.6 is 0 Å². The Balaban J connectivity index is 2.56. The van der Waals surface area contributed by atoms with Crippen molar-refractivity contribution >= 4 is 0 Å². The summed E-state index contributed by atoms with van der Waals surface area (Å²) in [5.41, 5.74) is 1.21. The van der Waals surface area contributed by atoms with Crippen molar-refractivity contribution in [1.29, 1.82) is 0 Å². The van der Waals surface area contributed by atoms with Gasteiger partial charge in [-0.05, 0) is 25.0 Å². The van der Waals surface area contributed by atoms with Crippen LogP contribution in [0.1, 0.15) is 39.7 Å². The van der Waals surface area contributed by atoms with Gasteiger partial charge in [-0.2, -0.15) is 0 Å². The third kappa shape index (κ3) is 4.62. The van der Waals surface area contributed by atoms with Gasteiger partial charge >= 0.3 is 0 Å². The largest absolute Gasteiger partial charge is 0.475 e. The number of rotatable bonds is 6. The predicted molar refractivity (Wildman–Crippen MR) is 66.6 cm³/mol. The van der Waals surface area contributed by atoms with Crippen LogP contribution < -0.4 is 10.1 Å². The zero-order valence-corrected chi connectivity index (χ0v) is 10.7. The number of hydrogen-bond donors (Lipinski definition) is 1. The number of nitrogens with one attached hydrogen (secondary N) is 1. The summed E-state index contributed by atoms with van der Waals surface area (Å²) < 4.78 is 5.67. The van der Waals surface area contributed by atoms with Crippen molar-refractivity contribution in [3.8, 4) is 5.88 Å². The SMILES string of the molecule is CCC(C)Oc1cc(CNC(C)C)ccn1. The third-order valence-corrected chi connectivity index (χ3v) is 2.41. The van der Waals surface area contributed by atoms with Crippen LogP contribution in [0.15, 0.2) is 18.3 Å². The smallest absolute Gasteiger partial charge is 0.213 e. The third-order valence-electron chi connectivity index (χ3n) is 2.41. The van der Waals surface area contributed by atoms with Crippen molar-refractivity contribution in [2.75, 3.05) is 0 Å². The second kappa shape index (κ2) is 6.48. The molecule has 0 aromatic carbocycles. The molecule has 90 valence electrons. The quantitative estimate of drug-likeness (QED) is 0.803. The molecule has 1 aromatic rings. The molecule has 1 aromatic heterocycles. The first-order valence-corrected chi connectivity index (χ1v) is 5.96. The summed E-state index contributed by atoms with van der Waals surface area (Å²) in [4.78, 5) is 4.20. The first-order chi connectivity index (χ1) is 7.61. The van der Waals surface area contributed by atoms with Crippen molar-refractivity contribution in [2.24, 2.45) is 0 Å². The molecule has 1 rings (SSSR count). The number of pyridine rings is 1. The van der Waals surface area contributed by atoms with E-state index in [1.54, 1.807) is 6.20 Å². The molecule has 1 heterocycles. The van der Waals surface area contributed by atoms with Gasteiger partial charge in [-0.3, -0.25) is 0 Å². The van der Waals surface area contributed by atoms with E-state index in [1.807, 2.05) is 12.1 Å². The zero-order chi connectivity index (χ0) is 12.0. The van der Waals surface area contributed by atoms with Gasteiger partial charge in [0.1, 0.15) is 0 Å². The van der Waals surface area contributed by atoms with Crippen LogP contribution in [0.3, 0.4) is 0 Å². The molecule has 0 radical (unpaired) electrons. The first kappa shape index (κ1) is 13.0. The average Bonchev–Trinajstić information content (AvgIpc) is 2.26. The maximum Gasteiger partial charge on any atom is 0.213 e. The molecule has 0 amide bonds. The van der Waals surface area contributed by atoms with Gasteiger partial charge in [0.25, 0.3) is 0 Å². The maximum atomic E-state index is 5.67. The van der Waals surface area contributed by atoms with Gasteiger partial charge in [0.15, 0.2) is 0 Å². The van der Waals surface area contributed by atoms with E-state index in [4.69, 9.17) is 4.74 Å². The van der Waals surface area contributed by atoms with E-state index < -0.39 is 0 Å². The van der Waals surface area contributed by atoms with Crippen LogP contribution in [0.2, 0.25) is 0 Å². The predicted octanol–water partition coefficient (Wildman–Crippen LogP) is 2.76. The Morgan fingerprint density at radius 2 is 2.12 bits per heavy atom. The lowest BCUT2D eigenvalue weighted by molar-refractivity contribution is 0.208. The molecular formula is C13H22N2O. The lowest BCUT2D eigenvalue weighted by atomic mass is 10.2. The van der Waals surface area contributed by atoms with E-state index in [-0.39, 0.29) is 6.10 Å². The molecule has 0 bridgehead atoms. The molecule has 0 fully saturated rings. The average molecular weight is 222 g/mol. The highest BCUT2D eigenvalue weighted by Crippen LogP contribution is 2.12. The normalized spacial score (nSPS) is 12.8. The highest BCUT2D eigenvalue weighted by molar-refractivity contribution is 5.20. The van der Waals surface area contributed by atoms with Gasteiger partial charge in [-0.1, -0.05) is 20.8 Å². The Morgan fingerprint density at radius 3 is 2.75 bits per heavy atom. The van der Waals surface area contributed by atoms with Gasteiger partial charge in [0.05, 0.1) is 6.10 Å². The summed E-state index contributed by atoms with van der Waals surface area (Å²) in [6, 6.07) is 4.51. The summed E-state index contributed by atoms with van der Waals surface area (Å²) in [5.74, 6) is 0.720. The number of nitrogens with zero attached hydrogens (tertiary/aromatic N) is 1. The molecule has 3 nitrogen and oxygen atoms in total. The molecular weight excluding hydrogens is 200 g/mol. The van der Waals surface area contributed by atoms with Crippen molar-refractivity contribution in [3.63, 3.8) is 0 Å². The minimum atomic E-state index is 0.223. The van der Waals surface area contributed by atoms with Crippen LogP contribution in [-0.4, -0.2) is 17.1 Å². The highest BCUT2D eigenvalue weighted by atomic mass is 16.5. The summed E-state index contributed by atoms with van der Waals surface area (Å²) in [6.07, 6.45) is 3.02. The fraction of sp³-hybridized carbons (Fsp3) is 0.615. The fourth-order valence-corrected chi connectivity index (χ4v) is 1.24. The van der Waals surface area contributed by atoms with Gasteiger partial charge in [-0.25, -0.2) is 4.98 Å². The van der Waals surface area contributed by atoms with Crippen LogP contribution in [0.5, 0.6) is 5.88 Å². The highest BCUT2D eigenvalue weighted by Gasteiger charge is 2.03. The summed E-state index contributed by atoms with van der Waals surface area (Å²) in [5, 5.41) is 3.37. The van der Waals surface area contributed by atoms with E-state index in [9.17, 15) is 0 Å². The van der Waals surface area contributed by atoms with E-state index in [1.165, 1.54) is 5.56 Å². The second-order valence-corrected chi connectivity index (χ2v) is 4.37. The fourth-order valence-electron chi connectivity index (χ4n) is 1.24. The Morgan fingerprint density at radius 1 is 1.38 bits per heavy atom. The van der Waals surface area contributed by atoms with Crippen molar-refractivity contribution < 1.29 is 4.74 Å². The summed E-state index contributed by atoms with van der Waals surface area (Å²) >= 11 is 0. The molecule has 0 aliphatic carbocycles. The van der Waals surface area contributed by atoms with Crippen LogP contribution in [0, 0.1) is 0 Å². The van der Waals surface area contributed by atoms with Crippen LogP contribution in [0.4, 0.5) is 0 Å². The van der Waals surface area contributed by atoms with E-state index in [0.29, 0.717) is 6.04 Å². The summed E-state index contributed by atoms with van der Waals surface area (Å²) in [6.45, 7) is 9.29. The van der Waals surface area contributed by atoms with Crippen molar-refractivity contribution in [1.82, 2.24) is 10.3 Å². The van der Waals surface area contributed by atoms with Gasteiger partial charge in [0, 0.05) is 24.8 Å². The summed E-state index contributed by atoms with van der Waals surface area (Å²) in [7, 11) is 0. The second-order valence-electron chi connectivity index (χ2n) is 4.37. The van der Waals surface area contributed by atoms with Crippen LogP contribution in [0.25, 0.3) is 0 Å². The minimum Gasteiger partial charge on any atom is -0.475 e. The molecule has 1 atom stereocenters. The molecule has 1 unspecified atom stereocenters. The monoisotopic (exact) mass is 222 g/mol. The molecule has 0 aliphatic rings. The Labute approximate surface area is 98.2 Å². The number of ether oxygens (including phenoxy) is 1. The lowest BCUT2D eigenvalue weighted by Gasteiger charge is -2.13. The maximum absolute atomic E-state index is 5.67. The first-order valence-electron chi connectivity index (χ1n) is 5.96. The minimum absolute atomic E-state index is 0.223. The molecule has 16 heavy (non-hydrogen) atoms. The zero-order valence-electron chi connectivity index (χ0n) is 10.7. The molecule has 1 N–H and O–H groups in total. The molecule has 3 heteroatoms. The Kier molecular flexibility index (Phi) is 5.26.